The molecule has 0 aromatic heterocycles. The Balaban J connectivity index is 1.32. The highest BCUT2D eigenvalue weighted by Gasteiger charge is 2.73. The predicted octanol–water partition coefficient (Wildman–Crippen LogP) is 2.72. The summed E-state index contributed by atoms with van der Waals surface area (Å²) in [6.45, 7) is 2.61. The highest BCUT2D eigenvalue weighted by atomic mass is 16.3. The van der Waals surface area contributed by atoms with E-state index in [9.17, 15) is 19.8 Å². The van der Waals surface area contributed by atoms with Crippen LogP contribution in [0, 0.1) is 29.1 Å². The van der Waals surface area contributed by atoms with Gasteiger partial charge in [-0.3, -0.25) is 15.0 Å². The van der Waals surface area contributed by atoms with Crippen molar-refractivity contribution in [2.24, 2.45) is 29.1 Å². The monoisotopic (exact) mass is 453 g/mol. The van der Waals surface area contributed by atoms with Crippen molar-refractivity contribution in [1.29, 1.82) is 0 Å². The second-order valence-electron chi connectivity index (χ2n) is 12.2. The Morgan fingerprint density at radius 2 is 1.82 bits per heavy atom. The largest absolute Gasteiger partial charge is 0.508 e. The number of allylic oxidation sites excluding steroid dienone is 3. The Hall–Kier alpha value is -1.86. The predicted molar refractivity (Wildman–Crippen MR) is 121 cm³/mol. The van der Waals surface area contributed by atoms with E-state index in [1.54, 1.807) is 6.08 Å². The maximum absolute atomic E-state index is 13.4. The van der Waals surface area contributed by atoms with Gasteiger partial charge < -0.3 is 15.1 Å². The normalized spacial score (nSPS) is 46.8. The second kappa shape index (κ2) is 6.63. The van der Waals surface area contributed by atoms with Gasteiger partial charge in [-0.25, -0.2) is 4.79 Å². The maximum Gasteiger partial charge on any atom is 0.325 e. The molecule has 2 saturated heterocycles. The number of aliphatic hydroxyl groups excluding tert-OH is 1. The van der Waals surface area contributed by atoms with E-state index in [-0.39, 0.29) is 35.6 Å². The average molecular weight is 454 g/mol. The molecule has 3 amide bonds. The highest BCUT2D eigenvalue weighted by molar-refractivity contribution is 6.07. The lowest BCUT2D eigenvalue weighted by atomic mass is 9.42. The molecule has 2 bridgehead atoms. The number of nitrogens with zero attached hydrogens (tertiary/aromatic N) is 2. The first-order chi connectivity index (χ1) is 15.8. The van der Waals surface area contributed by atoms with Crippen LogP contribution in [0.25, 0.3) is 0 Å². The molecule has 0 aromatic carbocycles. The molecule has 0 radical (unpaired) electrons. The molecular weight excluding hydrogens is 418 g/mol. The van der Waals surface area contributed by atoms with E-state index in [1.807, 2.05) is 11.0 Å². The molecule has 7 aliphatic rings. The van der Waals surface area contributed by atoms with Crippen LogP contribution in [0.2, 0.25) is 0 Å². The van der Waals surface area contributed by atoms with Crippen molar-refractivity contribution in [3.05, 3.63) is 24.0 Å². The van der Waals surface area contributed by atoms with Crippen LogP contribution in [0.15, 0.2) is 24.0 Å². The summed E-state index contributed by atoms with van der Waals surface area (Å²) >= 11 is 0. The van der Waals surface area contributed by atoms with E-state index in [0.29, 0.717) is 31.7 Å². The molecule has 7 heteroatoms. The molecule has 2 unspecified atom stereocenters. The van der Waals surface area contributed by atoms with Crippen molar-refractivity contribution < 1.29 is 19.8 Å². The maximum atomic E-state index is 13.4. The van der Waals surface area contributed by atoms with Crippen molar-refractivity contribution in [3.63, 3.8) is 0 Å². The van der Waals surface area contributed by atoms with Crippen molar-refractivity contribution in [1.82, 2.24) is 15.1 Å². The number of carbonyl (C=O) groups excluding carboxylic acids is 2. The molecule has 7 nitrogen and oxygen atoms in total. The number of rotatable bonds is 4. The molecule has 5 aliphatic carbocycles. The number of aliphatic hydroxyl groups is 2. The van der Waals surface area contributed by atoms with Gasteiger partial charge in [0.25, 0.3) is 5.91 Å². The molecule has 6 atom stereocenters. The summed E-state index contributed by atoms with van der Waals surface area (Å²) < 4.78 is 0. The fourth-order valence-electron chi connectivity index (χ4n) is 8.38. The lowest BCUT2D eigenvalue weighted by Gasteiger charge is -2.69. The van der Waals surface area contributed by atoms with Crippen LogP contribution in [0.4, 0.5) is 4.79 Å². The van der Waals surface area contributed by atoms with E-state index >= 15 is 0 Å². The molecule has 178 valence electrons. The number of fused-ring (bicyclic) bond motifs is 1. The lowest BCUT2D eigenvalue weighted by Crippen LogP contribution is -2.77. The number of nitrogens with one attached hydrogen (secondary N) is 1. The number of amides is 3. The first kappa shape index (κ1) is 20.5. The van der Waals surface area contributed by atoms with E-state index < -0.39 is 16.6 Å². The van der Waals surface area contributed by atoms with Crippen LogP contribution in [-0.2, 0) is 4.79 Å². The summed E-state index contributed by atoms with van der Waals surface area (Å²) in [5.41, 5.74) is -2.31. The van der Waals surface area contributed by atoms with Gasteiger partial charge in [0.05, 0.1) is 5.60 Å². The van der Waals surface area contributed by atoms with Gasteiger partial charge in [0, 0.05) is 24.5 Å². The standard InChI is InChI=1S/C26H35N3O4/c30-19-6-5-18-11-21-26(33)8-7-25(22(31)27-23(32)29(25)14-17-3-4-17)15-24(26,20(18)12-19)9-10-28(21)13-16-1-2-16/h5-6,12,16-18,20-21,30,33H,1-4,7-11,13-15H2,(H,27,31,32)/t18?,20?,21-,24-,25+,26-/m1/s1. The summed E-state index contributed by atoms with van der Waals surface area (Å²) in [5.74, 6) is 1.55. The SMILES string of the molecule is O=C1NC(=O)[C@@]2(CC[C@@]3(O)[C@H]4CC5C=CC(O)=CC5[C@@]3(CCN4CC3CC3)C2)N1CC1CC1. The second-order valence-corrected chi connectivity index (χ2v) is 12.2. The van der Waals surface area contributed by atoms with Crippen LogP contribution in [0.5, 0.6) is 0 Å². The fourth-order valence-corrected chi connectivity index (χ4v) is 8.38. The van der Waals surface area contributed by atoms with Crippen LogP contribution in [0.1, 0.15) is 57.8 Å². The zero-order chi connectivity index (χ0) is 22.6. The third-order valence-corrected chi connectivity index (χ3v) is 10.4. The molecule has 1 spiro atoms. The van der Waals surface area contributed by atoms with Crippen LogP contribution in [-0.4, -0.2) is 68.8 Å². The smallest absolute Gasteiger partial charge is 0.325 e. The van der Waals surface area contributed by atoms with Crippen LogP contribution in [0.3, 0.4) is 0 Å². The number of carbonyl (C=O) groups is 2. The summed E-state index contributed by atoms with van der Waals surface area (Å²) in [5, 5.41) is 25.7. The summed E-state index contributed by atoms with van der Waals surface area (Å²) in [4.78, 5) is 30.7. The minimum absolute atomic E-state index is 0.0183. The van der Waals surface area contributed by atoms with E-state index in [2.05, 4.69) is 16.3 Å². The fraction of sp³-hybridized carbons (Fsp3) is 0.769. The number of hydrogen-bond donors (Lipinski definition) is 3. The zero-order valence-electron chi connectivity index (χ0n) is 19.2. The first-order valence-corrected chi connectivity index (χ1v) is 13.0. The molecule has 0 aromatic rings. The Morgan fingerprint density at radius 3 is 2.58 bits per heavy atom. The first-order valence-electron chi connectivity index (χ1n) is 13.0. The number of imide groups is 1. The Kier molecular flexibility index (Phi) is 4.12. The van der Waals surface area contributed by atoms with Gasteiger partial charge in [0.1, 0.15) is 11.3 Å². The molecule has 4 saturated carbocycles. The minimum atomic E-state index is -0.911. The number of hydrogen-bond acceptors (Lipinski definition) is 5. The van der Waals surface area contributed by atoms with Gasteiger partial charge in [0.2, 0.25) is 0 Å². The Labute approximate surface area is 194 Å². The topological polar surface area (TPSA) is 93.1 Å². The van der Waals surface area contributed by atoms with Gasteiger partial charge in [0.15, 0.2) is 0 Å². The van der Waals surface area contributed by atoms with Crippen LogP contribution < -0.4 is 5.32 Å². The van der Waals surface area contributed by atoms with Crippen molar-refractivity contribution in [2.45, 2.75) is 75.0 Å². The Bertz CT molecular complexity index is 971. The third kappa shape index (κ3) is 2.75. The quantitative estimate of drug-likeness (QED) is 0.569. The molecule has 7 rings (SSSR count). The van der Waals surface area contributed by atoms with E-state index in [4.69, 9.17) is 0 Å². The number of urea groups is 1. The van der Waals surface area contributed by atoms with Crippen LogP contribution >= 0.6 is 0 Å². The third-order valence-electron chi connectivity index (χ3n) is 10.4. The van der Waals surface area contributed by atoms with Gasteiger partial charge in [-0.05, 0) is 100 Å². The van der Waals surface area contributed by atoms with Gasteiger partial charge >= 0.3 is 6.03 Å². The highest BCUT2D eigenvalue weighted by Crippen LogP contribution is 2.67. The van der Waals surface area contributed by atoms with E-state index in [1.165, 1.54) is 12.8 Å². The van der Waals surface area contributed by atoms with Gasteiger partial charge in [-0.15, -0.1) is 0 Å². The molecule has 6 fully saturated rings. The molecular formula is C26H35N3O4. The Morgan fingerprint density at radius 1 is 1.06 bits per heavy atom. The molecule has 3 N–H and O–H groups in total. The van der Waals surface area contributed by atoms with Crippen molar-refractivity contribution in [2.75, 3.05) is 19.6 Å². The van der Waals surface area contributed by atoms with Crippen molar-refractivity contribution in [3.8, 4) is 0 Å². The number of piperidine rings is 1. The van der Waals surface area contributed by atoms with E-state index in [0.717, 1.165) is 44.7 Å². The molecule has 2 aliphatic heterocycles. The average Bonchev–Trinajstić information content (AvgIpc) is 3.70. The molecule has 33 heavy (non-hydrogen) atoms. The van der Waals surface area contributed by atoms with Gasteiger partial charge in [-0.1, -0.05) is 6.08 Å². The summed E-state index contributed by atoms with van der Waals surface area (Å²) in [7, 11) is 0. The molecule has 2 heterocycles. The summed E-state index contributed by atoms with van der Waals surface area (Å²) in [6, 6.07) is -0.188. The lowest BCUT2D eigenvalue weighted by molar-refractivity contribution is -0.255. The van der Waals surface area contributed by atoms with Crippen molar-refractivity contribution >= 4 is 11.9 Å². The minimum Gasteiger partial charge on any atom is -0.508 e. The summed E-state index contributed by atoms with van der Waals surface area (Å²) in [6.07, 6.45) is 13.9. The number of likely N-dealkylation sites (tertiary alicyclic amines) is 1. The zero-order valence-corrected chi connectivity index (χ0v) is 19.2. The van der Waals surface area contributed by atoms with Gasteiger partial charge in [-0.2, -0.15) is 0 Å².